The zero-order valence-electron chi connectivity index (χ0n) is 15.5. The van der Waals surface area contributed by atoms with E-state index in [2.05, 4.69) is 48.4 Å². The summed E-state index contributed by atoms with van der Waals surface area (Å²) in [4.78, 5) is 25.6. The van der Waals surface area contributed by atoms with Crippen LogP contribution >= 0.6 is 54.5 Å². The van der Waals surface area contributed by atoms with E-state index in [1.165, 1.54) is 0 Å². The van der Waals surface area contributed by atoms with Crippen molar-refractivity contribution in [3.8, 4) is 12.3 Å². The molecule has 0 atom stereocenters. The minimum atomic E-state index is -0.363. The third kappa shape index (κ3) is 5.47. The van der Waals surface area contributed by atoms with Crippen LogP contribution in [0.25, 0.3) is 0 Å². The van der Waals surface area contributed by atoms with Crippen LogP contribution in [0.1, 0.15) is 56.2 Å². The Morgan fingerprint density at radius 2 is 1.57 bits per heavy atom. The molecule has 2 heterocycles. The van der Waals surface area contributed by atoms with Crippen LogP contribution in [0.15, 0.2) is 19.7 Å². The molecular formula is C20H20Br2N2O2S2. The molecular weight excluding hydrogens is 524 g/mol. The highest BCUT2D eigenvalue weighted by molar-refractivity contribution is 9.11. The minimum Gasteiger partial charge on any atom is -0.349 e. The van der Waals surface area contributed by atoms with Crippen LogP contribution in [0.5, 0.6) is 0 Å². The summed E-state index contributed by atoms with van der Waals surface area (Å²) in [5, 5.41) is 5.87. The molecule has 0 saturated heterocycles. The number of halogens is 2. The second-order valence-corrected chi connectivity index (χ2v) is 12.2. The summed E-state index contributed by atoms with van der Waals surface area (Å²) in [5.41, 5.74) is 1.16. The Bertz CT molecular complexity index is 950. The lowest BCUT2D eigenvalue weighted by Crippen LogP contribution is -2.35. The zero-order valence-corrected chi connectivity index (χ0v) is 20.3. The number of aryl methyl sites for hydroxylation is 2. The van der Waals surface area contributed by atoms with Crippen LogP contribution in [-0.2, 0) is 0 Å². The van der Waals surface area contributed by atoms with Gasteiger partial charge in [-0.05, 0) is 83.5 Å². The molecule has 0 spiro atoms. The topological polar surface area (TPSA) is 58.2 Å². The Morgan fingerprint density at radius 3 is 1.93 bits per heavy atom. The number of hydrogen-bond acceptors (Lipinski definition) is 4. The average molecular weight is 544 g/mol. The van der Waals surface area contributed by atoms with E-state index in [-0.39, 0.29) is 17.4 Å². The first-order valence-corrected chi connectivity index (χ1v) is 12.1. The Morgan fingerprint density at radius 1 is 1.07 bits per heavy atom. The van der Waals surface area contributed by atoms with Gasteiger partial charge in [-0.25, -0.2) is 0 Å². The van der Waals surface area contributed by atoms with Gasteiger partial charge in [0.25, 0.3) is 11.8 Å². The van der Waals surface area contributed by atoms with E-state index >= 15 is 0 Å². The molecule has 2 N–H and O–H groups in total. The molecule has 4 nitrogen and oxygen atoms in total. The number of terminal acetylenes is 1. The molecule has 0 radical (unpaired) electrons. The number of nitrogens with one attached hydrogen (secondary N) is 2. The van der Waals surface area contributed by atoms with Gasteiger partial charge in [0.1, 0.15) is 5.54 Å². The quantitative estimate of drug-likeness (QED) is 0.505. The fourth-order valence-corrected chi connectivity index (χ4v) is 5.92. The Hall–Kier alpha value is -1.14. The van der Waals surface area contributed by atoms with Gasteiger partial charge in [-0.3, -0.25) is 9.59 Å². The molecule has 2 aromatic rings. The fourth-order valence-electron chi connectivity index (χ4n) is 2.55. The molecule has 4 rings (SSSR count). The summed E-state index contributed by atoms with van der Waals surface area (Å²) in [6.07, 6.45) is 9.41. The maximum absolute atomic E-state index is 11.9. The third-order valence-corrected chi connectivity index (χ3v) is 7.66. The van der Waals surface area contributed by atoms with Crippen LogP contribution in [-0.4, -0.2) is 23.4 Å². The molecule has 8 heteroatoms. The molecule has 0 unspecified atom stereocenters. The largest absolute Gasteiger partial charge is 0.349 e. The molecule has 2 amide bonds. The van der Waals surface area contributed by atoms with Crippen molar-refractivity contribution >= 4 is 66.3 Å². The molecule has 28 heavy (non-hydrogen) atoms. The number of carbonyl (C=O) groups is 2. The third-order valence-electron chi connectivity index (χ3n) is 4.56. The van der Waals surface area contributed by atoms with E-state index in [4.69, 9.17) is 6.42 Å². The minimum absolute atomic E-state index is 0.0649. The smallest absolute Gasteiger partial charge is 0.253 e. The van der Waals surface area contributed by atoms with E-state index in [1.807, 2.05) is 26.0 Å². The Kier molecular flexibility index (Phi) is 6.70. The van der Waals surface area contributed by atoms with E-state index in [1.54, 1.807) is 22.7 Å². The summed E-state index contributed by atoms with van der Waals surface area (Å²) in [6, 6.07) is 4.16. The molecule has 2 saturated carbocycles. The molecule has 0 aliphatic heterocycles. The fraction of sp³-hybridized carbons (Fsp3) is 0.400. The Balaban J connectivity index is 0.000000162. The molecule has 2 aliphatic rings. The van der Waals surface area contributed by atoms with Gasteiger partial charge >= 0.3 is 0 Å². The number of thiophene rings is 2. The molecule has 2 fully saturated rings. The van der Waals surface area contributed by atoms with Crippen LogP contribution in [0.3, 0.4) is 0 Å². The van der Waals surface area contributed by atoms with E-state index in [0.717, 1.165) is 48.6 Å². The van der Waals surface area contributed by atoms with Crippen molar-refractivity contribution in [3.63, 3.8) is 0 Å². The highest BCUT2D eigenvalue weighted by Gasteiger charge is 2.42. The summed E-state index contributed by atoms with van der Waals surface area (Å²) in [7, 11) is 0. The molecule has 148 valence electrons. The monoisotopic (exact) mass is 542 g/mol. The van der Waals surface area contributed by atoms with Crippen molar-refractivity contribution in [2.45, 2.75) is 51.1 Å². The summed E-state index contributed by atoms with van der Waals surface area (Å²) in [6.45, 7) is 3.90. The summed E-state index contributed by atoms with van der Waals surface area (Å²) in [5.74, 6) is 2.65. The highest BCUT2D eigenvalue weighted by Crippen LogP contribution is 2.35. The van der Waals surface area contributed by atoms with Crippen LogP contribution in [0.2, 0.25) is 0 Å². The lowest BCUT2D eigenvalue weighted by Gasteiger charge is -2.09. The van der Waals surface area contributed by atoms with Crippen LogP contribution in [0.4, 0.5) is 0 Å². The first-order valence-electron chi connectivity index (χ1n) is 8.86. The maximum atomic E-state index is 11.9. The van der Waals surface area contributed by atoms with Crippen molar-refractivity contribution in [1.29, 1.82) is 0 Å². The first kappa shape index (κ1) is 21.6. The van der Waals surface area contributed by atoms with Crippen molar-refractivity contribution in [2.75, 3.05) is 0 Å². The molecule has 2 aliphatic carbocycles. The van der Waals surface area contributed by atoms with Gasteiger partial charge in [0.05, 0.1) is 18.7 Å². The molecule has 0 bridgehead atoms. The van der Waals surface area contributed by atoms with Crippen molar-refractivity contribution in [3.05, 3.63) is 40.6 Å². The number of hydrogen-bond donors (Lipinski definition) is 2. The van der Waals surface area contributed by atoms with Crippen molar-refractivity contribution in [2.24, 2.45) is 0 Å². The van der Waals surface area contributed by atoms with Crippen LogP contribution < -0.4 is 10.6 Å². The predicted molar refractivity (Wildman–Crippen MR) is 122 cm³/mol. The molecule has 2 aromatic heterocycles. The zero-order chi connectivity index (χ0) is 20.5. The highest BCUT2D eigenvalue weighted by atomic mass is 79.9. The Labute approximate surface area is 189 Å². The average Bonchev–Trinajstić information content (AvgIpc) is 3.53. The molecule has 0 aromatic carbocycles. The van der Waals surface area contributed by atoms with Gasteiger partial charge in [-0.1, -0.05) is 5.92 Å². The van der Waals surface area contributed by atoms with Gasteiger partial charge in [0.15, 0.2) is 0 Å². The van der Waals surface area contributed by atoms with Gasteiger partial charge in [-0.15, -0.1) is 29.1 Å². The van der Waals surface area contributed by atoms with Gasteiger partial charge < -0.3 is 10.6 Å². The standard InChI is InChI=1S/C11H10BrNOS.C9H10BrNOS/c1-3-11(4-5-11)13-10(14)8-6-9(12)15-7(8)2;1-5-7(4-8(10)13-5)9(12)11-6-2-3-6/h1,6H,4-5H2,2H3,(H,13,14);4,6H,2-3H2,1H3,(H,11,12). The number of amides is 2. The van der Waals surface area contributed by atoms with Crippen molar-refractivity contribution in [1.82, 2.24) is 10.6 Å². The van der Waals surface area contributed by atoms with Gasteiger partial charge in [-0.2, -0.15) is 0 Å². The lowest BCUT2D eigenvalue weighted by molar-refractivity contribution is 0.0936. The summed E-state index contributed by atoms with van der Waals surface area (Å²) < 4.78 is 1.99. The van der Waals surface area contributed by atoms with Crippen LogP contribution in [0, 0.1) is 26.2 Å². The van der Waals surface area contributed by atoms with E-state index in [0.29, 0.717) is 11.6 Å². The van der Waals surface area contributed by atoms with Gasteiger partial charge in [0, 0.05) is 15.8 Å². The second kappa shape index (κ2) is 8.70. The SMILES string of the molecule is C#CC1(NC(=O)c2cc(Br)sc2C)CC1.Cc1sc(Br)cc1C(=O)NC1CC1. The lowest BCUT2D eigenvalue weighted by atomic mass is 10.2. The number of rotatable bonds is 4. The normalized spacial score (nSPS) is 16.4. The second-order valence-electron chi connectivity index (χ2n) is 6.97. The first-order chi connectivity index (χ1) is 13.2. The van der Waals surface area contributed by atoms with E-state index < -0.39 is 0 Å². The number of carbonyl (C=O) groups excluding carboxylic acids is 2. The van der Waals surface area contributed by atoms with Crippen molar-refractivity contribution < 1.29 is 9.59 Å². The van der Waals surface area contributed by atoms with Gasteiger partial charge in [0.2, 0.25) is 0 Å². The predicted octanol–water partition coefficient (Wildman–Crippen LogP) is 5.43. The maximum Gasteiger partial charge on any atom is 0.253 e. The summed E-state index contributed by atoms with van der Waals surface area (Å²) >= 11 is 9.89. The van der Waals surface area contributed by atoms with E-state index in [9.17, 15) is 9.59 Å².